The smallest absolute Gasteiger partial charge is 0.265 e. The SMILES string of the molecule is COc1ccc(N2C(=O)C(Cc3ccccc3Cl)S/C2=C(/C#N)C(=O)NC(C)c2ccccc2)cc1. The van der Waals surface area contributed by atoms with Crippen molar-refractivity contribution >= 4 is 40.9 Å². The summed E-state index contributed by atoms with van der Waals surface area (Å²) in [5.41, 5.74) is 2.16. The minimum absolute atomic E-state index is 0.117. The Kier molecular flexibility index (Phi) is 7.99. The lowest BCUT2D eigenvalue weighted by Crippen LogP contribution is -2.32. The zero-order valence-electron chi connectivity index (χ0n) is 19.8. The molecule has 0 aliphatic carbocycles. The number of carbonyl (C=O) groups excluding carboxylic acids is 2. The number of anilines is 1. The molecule has 8 heteroatoms. The number of nitrogens with zero attached hydrogens (tertiary/aromatic N) is 2. The minimum atomic E-state index is -0.551. The molecular weight excluding hydrogens is 494 g/mol. The van der Waals surface area contributed by atoms with Gasteiger partial charge in [-0.3, -0.25) is 14.5 Å². The topological polar surface area (TPSA) is 82.4 Å². The van der Waals surface area contributed by atoms with Gasteiger partial charge < -0.3 is 10.1 Å². The fourth-order valence-corrected chi connectivity index (χ4v) is 5.42. The lowest BCUT2D eigenvalue weighted by Gasteiger charge is -2.20. The summed E-state index contributed by atoms with van der Waals surface area (Å²) >= 11 is 7.55. The summed E-state index contributed by atoms with van der Waals surface area (Å²) in [5, 5.41) is 13.2. The van der Waals surface area contributed by atoms with Crippen LogP contribution in [-0.4, -0.2) is 24.2 Å². The third-order valence-corrected chi connectivity index (χ3v) is 7.48. The molecule has 0 bridgehead atoms. The average molecular weight is 518 g/mol. The Morgan fingerprint density at radius 3 is 2.42 bits per heavy atom. The number of benzene rings is 3. The Labute approximate surface area is 219 Å². The fraction of sp³-hybridized carbons (Fsp3) is 0.179. The number of methoxy groups -OCH3 is 1. The molecule has 36 heavy (non-hydrogen) atoms. The van der Waals surface area contributed by atoms with Crippen LogP contribution in [0.1, 0.15) is 24.1 Å². The molecule has 4 rings (SSSR count). The van der Waals surface area contributed by atoms with Crippen molar-refractivity contribution in [3.8, 4) is 11.8 Å². The van der Waals surface area contributed by atoms with Crippen molar-refractivity contribution in [1.82, 2.24) is 5.32 Å². The Morgan fingerprint density at radius 2 is 1.78 bits per heavy atom. The van der Waals surface area contributed by atoms with Crippen molar-refractivity contribution in [2.75, 3.05) is 12.0 Å². The predicted octanol–water partition coefficient (Wildman–Crippen LogP) is 5.65. The van der Waals surface area contributed by atoms with Crippen LogP contribution < -0.4 is 15.0 Å². The third-order valence-electron chi connectivity index (χ3n) is 5.85. The molecule has 2 atom stereocenters. The fourth-order valence-electron chi connectivity index (χ4n) is 3.91. The van der Waals surface area contributed by atoms with Crippen molar-refractivity contribution in [1.29, 1.82) is 5.26 Å². The molecule has 2 amide bonds. The third kappa shape index (κ3) is 5.40. The van der Waals surface area contributed by atoms with Crippen LogP contribution in [0, 0.1) is 11.3 Å². The number of rotatable bonds is 7. The minimum Gasteiger partial charge on any atom is -0.497 e. The normalized spacial score (nSPS) is 17.3. The molecule has 3 aromatic rings. The first-order valence-corrected chi connectivity index (χ1v) is 12.6. The molecule has 1 heterocycles. The Morgan fingerprint density at radius 1 is 1.11 bits per heavy atom. The summed E-state index contributed by atoms with van der Waals surface area (Å²) in [6, 6.07) is 25.5. The van der Waals surface area contributed by atoms with Crippen LogP contribution in [0.3, 0.4) is 0 Å². The van der Waals surface area contributed by atoms with Gasteiger partial charge in [-0.1, -0.05) is 71.9 Å². The Bertz CT molecular complexity index is 1340. The molecule has 182 valence electrons. The van der Waals surface area contributed by atoms with Gasteiger partial charge in [0.2, 0.25) is 5.91 Å². The van der Waals surface area contributed by atoms with E-state index in [4.69, 9.17) is 16.3 Å². The molecule has 0 aromatic heterocycles. The summed E-state index contributed by atoms with van der Waals surface area (Å²) in [6.45, 7) is 1.85. The molecule has 2 unspecified atom stereocenters. The van der Waals surface area contributed by atoms with Gasteiger partial charge in [-0.2, -0.15) is 5.26 Å². The molecule has 1 fully saturated rings. The number of hydrogen-bond acceptors (Lipinski definition) is 5. The van der Waals surface area contributed by atoms with E-state index in [0.29, 0.717) is 27.9 Å². The quantitative estimate of drug-likeness (QED) is 0.323. The number of thioether (sulfide) groups is 1. The van der Waals surface area contributed by atoms with Crippen LogP contribution in [0.5, 0.6) is 5.75 Å². The standard InChI is InChI=1S/C28H24ClN3O3S/c1-18(19-8-4-3-5-9-19)31-26(33)23(17-30)28-32(21-12-14-22(35-2)15-13-21)27(34)25(36-28)16-20-10-6-7-11-24(20)29/h3-15,18,25H,16H2,1-2H3,(H,31,33)/b28-23-. The second kappa shape index (κ2) is 11.3. The van der Waals surface area contributed by atoms with Crippen LogP contribution in [-0.2, 0) is 16.0 Å². The van der Waals surface area contributed by atoms with Crippen molar-refractivity contribution in [3.63, 3.8) is 0 Å². The molecule has 0 radical (unpaired) electrons. The van der Waals surface area contributed by atoms with E-state index in [9.17, 15) is 14.9 Å². The van der Waals surface area contributed by atoms with E-state index in [1.807, 2.05) is 61.5 Å². The lowest BCUT2D eigenvalue weighted by atomic mass is 10.1. The number of carbonyl (C=O) groups is 2. The van der Waals surface area contributed by atoms with Crippen LogP contribution >= 0.6 is 23.4 Å². The van der Waals surface area contributed by atoms with Gasteiger partial charge in [-0.15, -0.1) is 0 Å². The molecule has 3 aromatic carbocycles. The first kappa shape index (κ1) is 25.4. The number of ether oxygens (including phenoxy) is 1. The van der Waals surface area contributed by atoms with Crippen LogP contribution in [0.4, 0.5) is 5.69 Å². The number of nitrogens with one attached hydrogen (secondary N) is 1. The van der Waals surface area contributed by atoms with Gasteiger partial charge in [0.1, 0.15) is 22.4 Å². The average Bonchev–Trinajstić information content (AvgIpc) is 3.21. The van der Waals surface area contributed by atoms with E-state index in [1.165, 1.54) is 16.7 Å². The maximum absolute atomic E-state index is 13.6. The molecule has 1 aliphatic rings. The maximum Gasteiger partial charge on any atom is 0.265 e. The number of halogens is 1. The highest BCUT2D eigenvalue weighted by Gasteiger charge is 2.41. The first-order chi connectivity index (χ1) is 17.4. The lowest BCUT2D eigenvalue weighted by molar-refractivity contribution is -0.117. The van der Waals surface area contributed by atoms with Gasteiger partial charge in [0.25, 0.3) is 5.91 Å². The number of hydrogen-bond donors (Lipinski definition) is 1. The predicted molar refractivity (Wildman–Crippen MR) is 143 cm³/mol. The molecule has 0 saturated carbocycles. The van der Waals surface area contributed by atoms with Crippen LogP contribution in [0.15, 0.2) is 89.5 Å². The van der Waals surface area contributed by atoms with Crippen LogP contribution in [0.2, 0.25) is 5.02 Å². The van der Waals surface area contributed by atoms with Crippen molar-refractivity contribution in [3.05, 3.63) is 106 Å². The number of amides is 2. The van der Waals surface area contributed by atoms with E-state index in [1.54, 1.807) is 37.4 Å². The van der Waals surface area contributed by atoms with Crippen molar-refractivity contribution < 1.29 is 14.3 Å². The molecule has 1 saturated heterocycles. The van der Waals surface area contributed by atoms with Crippen molar-refractivity contribution in [2.24, 2.45) is 0 Å². The van der Waals surface area contributed by atoms with E-state index in [-0.39, 0.29) is 17.5 Å². The molecule has 6 nitrogen and oxygen atoms in total. The highest BCUT2D eigenvalue weighted by molar-refractivity contribution is 8.05. The monoisotopic (exact) mass is 517 g/mol. The highest BCUT2D eigenvalue weighted by atomic mass is 35.5. The summed E-state index contributed by atoms with van der Waals surface area (Å²) in [5.74, 6) is -0.135. The van der Waals surface area contributed by atoms with E-state index in [0.717, 1.165) is 11.1 Å². The largest absolute Gasteiger partial charge is 0.497 e. The molecular formula is C28H24ClN3O3S. The Balaban J connectivity index is 1.71. The van der Waals surface area contributed by atoms with Gasteiger partial charge >= 0.3 is 0 Å². The maximum atomic E-state index is 13.6. The van der Waals surface area contributed by atoms with E-state index >= 15 is 0 Å². The Hall–Kier alpha value is -3.73. The second-order valence-electron chi connectivity index (χ2n) is 8.17. The second-order valence-corrected chi connectivity index (χ2v) is 9.77. The van der Waals surface area contributed by atoms with Gasteiger partial charge in [-0.05, 0) is 54.8 Å². The molecule has 0 spiro atoms. The first-order valence-electron chi connectivity index (χ1n) is 11.3. The van der Waals surface area contributed by atoms with Crippen LogP contribution in [0.25, 0.3) is 0 Å². The van der Waals surface area contributed by atoms with Gasteiger partial charge in [0.05, 0.1) is 18.4 Å². The van der Waals surface area contributed by atoms with Gasteiger partial charge in [0.15, 0.2) is 0 Å². The zero-order valence-corrected chi connectivity index (χ0v) is 21.3. The van der Waals surface area contributed by atoms with Crippen molar-refractivity contribution in [2.45, 2.75) is 24.6 Å². The summed E-state index contributed by atoms with van der Waals surface area (Å²) < 4.78 is 5.24. The highest BCUT2D eigenvalue weighted by Crippen LogP contribution is 2.42. The van der Waals surface area contributed by atoms with E-state index in [2.05, 4.69) is 5.32 Å². The number of nitriles is 1. The molecule has 1 N–H and O–H groups in total. The summed E-state index contributed by atoms with van der Waals surface area (Å²) in [4.78, 5) is 28.3. The van der Waals surface area contributed by atoms with Gasteiger partial charge in [-0.25, -0.2) is 0 Å². The molecule has 1 aliphatic heterocycles. The summed E-state index contributed by atoms with van der Waals surface area (Å²) in [7, 11) is 1.56. The zero-order chi connectivity index (χ0) is 25.7. The van der Waals surface area contributed by atoms with Gasteiger partial charge in [0, 0.05) is 10.7 Å². The van der Waals surface area contributed by atoms with E-state index < -0.39 is 11.2 Å². The summed E-state index contributed by atoms with van der Waals surface area (Å²) in [6.07, 6.45) is 0.361.